The van der Waals surface area contributed by atoms with Gasteiger partial charge in [-0.15, -0.1) is 29.7 Å². The van der Waals surface area contributed by atoms with Gasteiger partial charge < -0.3 is 18.0 Å². The van der Waals surface area contributed by atoms with Crippen LogP contribution >= 0.6 is 0 Å². The Kier molecular flexibility index (Phi) is 14.1. The summed E-state index contributed by atoms with van der Waals surface area (Å²) in [4.78, 5) is 10.6. The van der Waals surface area contributed by atoms with E-state index >= 15 is 0 Å². The largest absolute Gasteiger partial charge is 0.514 e. The number of aromatic nitrogens is 7. The van der Waals surface area contributed by atoms with Gasteiger partial charge in [0, 0.05) is 43.7 Å². The van der Waals surface area contributed by atoms with Crippen molar-refractivity contribution >= 4 is 82.6 Å². The zero-order valence-electron chi connectivity index (χ0n) is 54.6. The second-order valence-electron chi connectivity index (χ2n) is 26.7. The fourth-order valence-electron chi connectivity index (χ4n) is 14.9. The third-order valence-corrected chi connectivity index (χ3v) is 19.6. The summed E-state index contributed by atoms with van der Waals surface area (Å²) in [6.45, 7) is 8.86. The number of hydrogen-bond donors (Lipinski definition) is 0. The second-order valence-corrected chi connectivity index (χ2v) is 26.7. The van der Waals surface area contributed by atoms with Crippen LogP contribution in [0.1, 0.15) is 31.9 Å². The van der Waals surface area contributed by atoms with Crippen LogP contribution in [0.4, 0.5) is 0 Å². The normalized spacial score (nSPS) is 12.0. The molecule has 0 aliphatic heterocycles. The van der Waals surface area contributed by atoms with Gasteiger partial charge in [0.15, 0.2) is 0 Å². The van der Waals surface area contributed by atoms with E-state index in [1.54, 1.807) is 0 Å². The Morgan fingerprint density at radius 2 is 0.960 bits per heavy atom. The molecule has 0 spiro atoms. The van der Waals surface area contributed by atoms with Crippen LogP contribution in [0, 0.1) is 25.4 Å². The predicted octanol–water partition coefficient (Wildman–Crippen LogP) is 22.0. The van der Waals surface area contributed by atoms with Gasteiger partial charge in [-0.1, -0.05) is 244 Å². The van der Waals surface area contributed by atoms with Crippen LogP contribution in [0.25, 0.3) is 172 Å². The van der Waals surface area contributed by atoms with Gasteiger partial charge in [0.2, 0.25) is 5.78 Å². The summed E-state index contributed by atoms with van der Waals surface area (Å²) in [5, 5.41) is 4.03. The molecule has 0 radical (unpaired) electrons. The van der Waals surface area contributed by atoms with Crippen molar-refractivity contribution in [3.05, 3.63) is 327 Å². The third-order valence-electron chi connectivity index (χ3n) is 19.6. The number of para-hydroxylation sites is 6. The number of pyridine rings is 1. The van der Waals surface area contributed by atoms with E-state index in [2.05, 4.69) is 354 Å². The fraction of sp³-hybridized carbons (Fsp3) is 0.0556. The molecule has 0 aliphatic rings. The van der Waals surface area contributed by atoms with E-state index in [1.807, 2.05) is 12.3 Å². The molecule has 0 amide bonds. The van der Waals surface area contributed by atoms with Crippen molar-refractivity contribution in [3.8, 4) is 89.6 Å². The van der Waals surface area contributed by atoms with Crippen LogP contribution in [0.15, 0.2) is 302 Å². The second kappa shape index (κ2) is 23.4. The maximum absolute atomic E-state index is 7.15. The minimum Gasteiger partial charge on any atom is -0.514 e. The Morgan fingerprint density at radius 1 is 0.424 bits per heavy atom. The molecule has 19 aromatic rings. The Labute approximate surface area is 586 Å². The van der Waals surface area contributed by atoms with Crippen molar-refractivity contribution < 1.29 is 30.0 Å². The predicted molar refractivity (Wildman–Crippen MR) is 400 cm³/mol. The molecule has 0 unspecified atom stereocenters. The summed E-state index contributed by atoms with van der Waals surface area (Å²) >= 11 is 0. The van der Waals surface area contributed by atoms with Gasteiger partial charge in [-0.05, 0) is 185 Å². The number of aryl methyl sites for hydroxylation is 1. The molecule has 0 saturated heterocycles. The van der Waals surface area contributed by atoms with Gasteiger partial charge in [0.05, 0.1) is 27.8 Å². The first-order chi connectivity index (χ1) is 48.1. The molecule has 0 fully saturated rings. The van der Waals surface area contributed by atoms with Gasteiger partial charge in [-0.2, -0.15) is 0 Å². The summed E-state index contributed by atoms with van der Waals surface area (Å²) in [7, 11) is 0. The van der Waals surface area contributed by atoms with Crippen LogP contribution in [0.2, 0.25) is 0 Å². The molecule has 13 aromatic carbocycles. The average Bonchev–Trinajstić information content (AvgIpc) is 1.53. The van der Waals surface area contributed by atoms with E-state index in [0.717, 1.165) is 172 Å². The van der Waals surface area contributed by atoms with Gasteiger partial charge in [-0.3, -0.25) is 9.13 Å². The molecule has 0 aliphatic carbocycles. The smallest absolute Gasteiger partial charge is 0.268 e. The minimum atomic E-state index is -0.133. The molecule has 0 N–H and O–H groups in total. The molecule has 0 saturated carbocycles. The quantitative estimate of drug-likeness (QED) is 0.101. The first-order valence-electron chi connectivity index (χ1n) is 33.4. The molecule has 0 bridgehead atoms. The number of hydrogen-bond acceptors (Lipinski definition) is 3. The number of rotatable bonds is 10. The molecule has 6 aromatic heterocycles. The van der Waals surface area contributed by atoms with Crippen LogP contribution in [-0.2, 0) is 26.5 Å². The van der Waals surface area contributed by atoms with Crippen molar-refractivity contribution in [2.24, 2.45) is 0 Å². The first-order valence-corrected chi connectivity index (χ1v) is 33.4. The number of fused-ring (bicyclic) bond motifs is 12. The summed E-state index contributed by atoms with van der Waals surface area (Å²) in [6.07, 6.45) is 6.03. The van der Waals surface area contributed by atoms with Crippen molar-refractivity contribution in [3.63, 3.8) is 0 Å². The van der Waals surface area contributed by atoms with Crippen LogP contribution in [-0.4, -0.2) is 28.1 Å². The maximum atomic E-state index is 7.15. The van der Waals surface area contributed by atoms with Gasteiger partial charge in [0.25, 0.3) is 6.33 Å². The van der Waals surface area contributed by atoms with E-state index in [1.165, 1.54) is 5.56 Å². The number of furan rings is 1. The first kappa shape index (κ1) is 59.5. The summed E-state index contributed by atoms with van der Waals surface area (Å²) < 4.78 is 18.4. The van der Waals surface area contributed by atoms with Crippen molar-refractivity contribution in [2.45, 2.75) is 33.1 Å². The minimum absolute atomic E-state index is 0. The summed E-state index contributed by atoms with van der Waals surface area (Å²) in [5.41, 5.74) is 26.9. The molecule has 0 atom stereocenters. The monoisotopic (exact) mass is 1450 g/mol. The molecular formula is C90H61N7OPt-2. The van der Waals surface area contributed by atoms with E-state index < -0.39 is 0 Å². The molecule has 9 heteroatoms. The molecule has 99 heavy (non-hydrogen) atoms. The van der Waals surface area contributed by atoms with Gasteiger partial charge in [-0.25, -0.2) is 9.97 Å². The topological polar surface area (TPSA) is 62.0 Å². The van der Waals surface area contributed by atoms with E-state index in [9.17, 15) is 0 Å². The Bertz CT molecular complexity index is 6150. The van der Waals surface area contributed by atoms with E-state index in [0.29, 0.717) is 5.58 Å². The summed E-state index contributed by atoms with van der Waals surface area (Å²) in [6, 6.07) is 113. The van der Waals surface area contributed by atoms with Gasteiger partial charge >= 0.3 is 0 Å². The van der Waals surface area contributed by atoms with Crippen molar-refractivity contribution in [2.75, 3.05) is 0 Å². The number of nitrogens with zero attached hydrogens (tertiary/aromatic N) is 7. The van der Waals surface area contributed by atoms with E-state index in [4.69, 9.17) is 14.4 Å². The standard InChI is InChI=1S/C90H61N7O.Pt/c1-57-25-23-41-79-86(57)92-89-96(79)81-54-74-72-34-17-19-38-76(72)95(80(74)55-82(81)97(89)85-51-68(43-44-91-85)90(2,3)4)83-53-69(52-75-73-35-18-22-42-84(73)98-88(75)83)93-56-94(78-40-21-20-39-77(78)93)87-70(66-47-62(58-26-9-5-10-27-58)45-63(48-66)59-28-11-6-12-29-59)36-24-37-71(87)67-49-64(60-30-13-7-14-31-60)46-65(50-67)61-32-15-8-16-33-61;/h5-52,54H,1-4H3;/q-2;. The average molecular weight is 1450 g/mol. The zero-order valence-corrected chi connectivity index (χ0v) is 56.9. The molecule has 474 valence electrons. The third kappa shape index (κ3) is 9.80. The Balaban J connectivity index is 0.00000708. The van der Waals surface area contributed by atoms with Crippen molar-refractivity contribution in [1.29, 1.82) is 0 Å². The Hall–Kier alpha value is -12.0. The molecule has 6 heterocycles. The zero-order chi connectivity index (χ0) is 65.3. The van der Waals surface area contributed by atoms with Crippen LogP contribution < -0.4 is 4.57 Å². The number of benzene rings is 13. The molecular weight excluding hydrogens is 1390 g/mol. The van der Waals surface area contributed by atoms with E-state index in [-0.39, 0.29) is 26.5 Å². The van der Waals surface area contributed by atoms with Crippen molar-refractivity contribution in [1.82, 2.24) is 28.1 Å². The number of imidazole rings is 3. The Morgan fingerprint density at radius 3 is 1.58 bits per heavy atom. The molecule has 8 nitrogen and oxygen atoms in total. The molecule has 19 rings (SSSR count). The van der Waals surface area contributed by atoms with Crippen LogP contribution in [0.3, 0.4) is 0 Å². The van der Waals surface area contributed by atoms with Gasteiger partial charge in [0.1, 0.15) is 11.4 Å². The SMILES string of the molecule is Cc1cccc2c1nc1n(-c3cc(C(C)(C)C)ccn3)c3[c-]c4c(cc3n21)c1ccccc1n4-c1[c-]c(-n2[c-][n+](-c3c(-c4cc(-c5ccccc5)cc(-c5ccccc5)c4)cccc3-c3cc(-c4ccccc4)cc(-c4ccccc4)c3)c3ccccc32)cc2c1oc1ccccc12.[Pt]. The summed E-state index contributed by atoms with van der Waals surface area (Å²) in [5.74, 6) is 1.54. The maximum Gasteiger partial charge on any atom is 0.268 e. The fourth-order valence-corrected chi connectivity index (χ4v) is 14.9. The van der Waals surface area contributed by atoms with Crippen LogP contribution in [0.5, 0.6) is 0 Å².